The first-order valence-corrected chi connectivity index (χ1v) is 7.12. The summed E-state index contributed by atoms with van der Waals surface area (Å²) in [6, 6.07) is 3.67. The summed E-state index contributed by atoms with van der Waals surface area (Å²) in [6.45, 7) is 3.80. The fourth-order valence-corrected chi connectivity index (χ4v) is 2.75. The average molecular weight is 289 g/mol. The number of aromatic nitrogens is 3. The molecule has 2 aromatic rings. The molecule has 0 aliphatic carbocycles. The predicted molar refractivity (Wildman–Crippen MR) is 75.4 cm³/mol. The topological polar surface area (TPSA) is 85.0 Å². The summed E-state index contributed by atoms with van der Waals surface area (Å²) < 4.78 is 6.90. The molecule has 0 saturated carbocycles. The van der Waals surface area contributed by atoms with Gasteiger partial charge in [-0.25, -0.2) is 0 Å². The summed E-state index contributed by atoms with van der Waals surface area (Å²) >= 11 is 0. The second-order valence-electron chi connectivity index (χ2n) is 5.35. The molecule has 3 rings (SSSR count). The van der Waals surface area contributed by atoms with Crippen molar-refractivity contribution < 1.29 is 9.32 Å². The monoisotopic (exact) mass is 289 g/mol. The summed E-state index contributed by atoms with van der Waals surface area (Å²) in [5, 5.41) is 14.3. The number of hydrogen-bond acceptors (Lipinski definition) is 5. The number of carbonyl (C=O) groups excluding carboxylic acids is 1. The number of aryl methyl sites for hydroxylation is 1. The molecule has 112 valence electrons. The zero-order valence-corrected chi connectivity index (χ0v) is 12.0. The molecule has 7 nitrogen and oxygen atoms in total. The van der Waals surface area contributed by atoms with Crippen molar-refractivity contribution in [3.8, 4) is 0 Å². The van der Waals surface area contributed by atoms with Gasteiger partial charge in [-0.3, -0.25) is 9.48 Å². The van der Waals surface area contributed by atoms with Crippen LogP contribution in [0.4, 0.5) is 0 Å². The van der Waals surface area contributed by atoms with E-state index in [-0.39, 0.29) is 5.91 Å². The van der Waals surface area contributed by atoms with Crippen molar-refractivity contribution in [2.24, 2.45) is 0 Å². The molecule has 0 atom stereocenters. The Hall–Kier alpha value is -2.15. The third kappa shape index (κ3) is 2.69. The van der Waals surface area contributed by atoms with Gasteiger partial charge < -0.3 is 15.2 Å². The molecular weight excluding hydrogens is 270 g/mol. The number of nitrogens with one attached hydrogen (secondary N) is 2. The maximum Gasteiger partial charge on any atom is 0.248 e. The van der Waals surface area contributed by atoms with Crippen LogP contribution in [0.5, 0.6) is 0 Å². The van der Waals surface area contributed by atoms with Crippen LogP contribution in [-0.4, -0.2) is 33.9 Å². The van der Waals surface area contributed by atoms with Gasteiger partial charge in [-0.05, 0) is 38.9 Å². The Bertz CT molecular complexity index is 599. The lowest BCUT2D eigenvalue weighted by atomic mass is 9.87. The Balaban J connectivity index is 1.75. The van der Waals surface area contributed by atoms with Crippen molar-refractivity contribution in [1.29, 1.82) is 0 Å². The van der Waals surface area contributed by atoms with Gasteiger partial charge in [0.2, 0.25) is 5.91 Å². The van der Waals surface area contributed by atoms with Gasteiger partial charge in [-0.15, -0.1) is 0 Å². The third-order valence-corrected chi connectivity index (χ3v) is 3.90. The number of carbonyl (C=O) groups is 1. The first-order valence-electron chi connectivity index (χ1n) is 7.12. The zero-order valence-electron chi connectivity index (χ0n) is 12.0. The molecule has 1 amide bonds. The summed E-state index contributed by atoms with van der Waals surface area (Å²) in [4.78, 5) is 12.7. The van der Waals surface area contributed by atoms with Gasteiger partial charge in [0.05, 0.1) is 12.2 Å². The van der Waals surface area contributed by atoms with Crippen LogP contribution in [0.2, 0.25) is 0 Å². The maximum atomic E-state index is 12.7. The van der Waals surface area contributed by atoms with Crippen LogP contribution in [0.25, 0.3) is 0 Å². The first kappa shape index (κ1) is 13.8. The fourth-order valence-electron chi connectivity index (χ4n) is 2.75. The van der Waals surface area contributed by atoms with Gasteiger partial charge in [-0.1, -0.05) is 5.16 Å². The number of hydrogen-bond donors (Lipinski definition) is 2. The molecular formula is C14H19N5O2. The normalized spacial score (nSPS) is 17.6. The van der Waals surface area contributed by atoms with Crippen LogP contribution in [0.3, 0.4) is 0 Å². The van der Waals surface area contributed by atoms with E-state index in [1.165, 1.54) is 0 Å². The van der Waals surface area contributed by atoms with Crippen LogP contribution in [0.15, 0.2) is 29.0 Å². The number of piperidine rings is 1. The van der Waals surface area contributed by atoms with Crippen molar-refractivity contribution in [1.82, 2.24) is 25.6 Å². The summed E-state index contributed by atoms with van der Waals surface area (Å²) in [5.41, 5.74) is 0.187. The standard InChI is InChI=1S/C14H19N5O2/c1-11-9-12(21-18-11)10-16-13(20)14(3-6-15-7-4-14)19-8-2-5-17-19/h2,5,8-9,15H,3-4,6-7,10H2,1H3,(H,16,20). The summed E-state index contributed by atoms with van der Waals surface area (Å²) in [7, 11) is 0. The highest BCUT2D eigenvalue weighted by Gasteiger charge is 2.41. The SMILES string of the molecule is Cc1cc(CNC(=O)C2(n3cccn3)CCNCC2)on1. The van der Waals surface area contributed by atoms with Gasteiger partial charge in [-0.2, -0.15) is 5.10 Å². The number of rotatable bonds is 4. The predicted octanol–water partition coefficient (Wildman–Crippen LogP) is 0.575. The van der Waals surface area contributed by atoms with E-state index in [0.717, 1.165) is 31.6 Å². The average Bonchev–Trinajstić information content (AvgIpc) is 3.17. The molecule has 7 heteroatoms. The minimum Gasteiger partial charge on any atom is -0.359 e. The van der Waals surface area contributed by atoms with Crippen LogP contribution >= 0.6 is 0 Å². The van der Waals surface area contributed by atoms with E-state index in [1.54, 1.807) is 10.9 Å². The van der Waals surface area contributed by atoms with Crippen LogP contribution in [0.1, 0.15) is 24.3 Å². The van der Waals surface area contributed by atoms with Gasteiger partial charge in [0, 0.05) is 18.5 Å². The molecule has 21 heavy (non-hydrogen) atoms. The molecule has 0 unspecified atom stereocenters. The van der Waals surface area contributed by atoms with Crippen LogP contribution in [-0.2, 0) is 16.9 Å². The van der Waals surface area contributed by atoms with E-state index in [4.69, 9.17) is 4.52 Å². The van der Waals surface area contributed by atoms with Gasteiger partial charge >= 0.3 is 0 Å². The van der Waals surface area contributed by atoms with Crippen molar-refractivity contribution in [3.05, 3.63) is 36.0 Å². The molecule has 1 fully saturated rings. The largest absolute Gasteiger partial charge is 0.359 e. The van der Waals surface area contributed by atoms with Crippen molar-refractivity contribution >= 4 is 5.91 Å². The van der Waals surface area contributed by atoms with Crippen LogP contribution < -0.4 is 10.6 Å². The van der Waals surface area contributed by atoms with Gasteiger partial charge in [0.1, 0.15) is 5.54 Å². The quantitative estimate of drug-likeness (QED) is 0.860. The summed E-state index contributed by atoms with van der Waals surface area (Å²) in [5.74, 6) is 0.632. The van der Waals surface area contributed by atoms with E-state index in [0.29, 0.717) is 12.3 Å². The molecule has 3 heterocycles. The lowest BCUT2D eigenvalue weighted by molar-refractivity contribution is -0.132. The highest BCUT2D eigenvalue weighted by Crippen LogP contribution is 2.27. The Labute approximate surface area is 122 Å². The minimum atomic E-state index is -0.621. The van der Waals surface area contributed by atoms with E-state index in [9.17, 15) is 4.79 Å². The van der Waals surface area contributed by atoms with E-state index in [1.807, 2.05) is 25.3 Å². The number of amides is 1. The van der Waals surface area contributed by atoms with Gasteiger partial charge in [0.25, 0.3) is 0 Å². The molecule has 0 spiro atoms. The molecule has 0 bridgehead atoms. The zero-order chi connectivity index (χ0) is 14.7. The van der Waals surface area contributed by atoms with E-state index in [2.05, 4.69) is 20.9 Å². The second kappa shape index (κ2) is 5.69. The molecule has 2 aromatic heterocycles. The van der Waals surface area contributed by atoms with Crippen molar-refractivity contribution in [2.45, 2.75) is 31.8 Å². The fraction of sp³-hybridized carbons (Fsp3) is 0.500. The van der Waals surface area contributed by atoms with E-state index < -0.39 is 5.54 Å². The highest BCUT2D eigenvalue weighted by atomic mass is 16.5. The maximum absolute atomic E-state index is 12.7. The van der Waals surface area contributed by atoms with Crippen LogP contribution in [0, 0.1) is 6.92 Å². The first-order chi connectivity index (χ1) is 10.2. The molecule has 0 radical (unpaired) electrons. The third-order valence-electron chi connectivity index (χ3n) is 3.90. The van der Waals surface area contributed by atoms with E-state index >= 15 is 0 Å². The Morgan fingerprint density at radius 1 is 1.52 bits per heavy atom. The molecule has 2 N–H and O–H groups in total. The minimum absolute atomic E-state index is 0.0262. The van der Waals surface area contributed by atoms with Crippen molar-refractivity contribution in [2.75, 3.05) is 13.1 Å². The Morgan fingerprint density at radius 3 is 2.95 bits per heavy atom. The lowest BCUT2D eigenvalue weighted by Crippen LogP contribution is -2.54. The van der Waals surface area contributed by atoms with Crippen molar-refractivity contribution in [3.63, 3.8) is 0 Å². The Morgan fingerprint density at radius 2 is 2.33 bits per heavy atom. The molecule has 1 aliphatic heterocycles. The van der Waals surface area contributed by atoms with Gasteiger partial charge in [0.15, 0.2) is 5.76 Å². The second-order valence-corrected chi connectivity index (χ2v) is 5.35. The Kier molecular flexibility index (Phi) is 3.74. The summed E-state index contributed by atoms with van der Waals surface area (Å²) in [6.07, 6.45) is 4.99. The lowest BCUT2D eigenvalue weighted by Gasteiger charge is -2.36. The smallest absolute Gasteiger partial charge is 0.248 e. The highest BCUT2D eigenvalue weighted by molar-refractivity contribution is 5.84. The molecule has 0 aromatic carbocycles. The number of nitrogens with zero attached hydrogens (tertiary/aromatic N) is 3. The molecule has 1 aliphatic rings. The molecule has 1 saturated heterocycles.